The van der Waals surface area contributed by atoms with E-state index in [1.165, 1.54) is 20.7 Å². The molecule has 7 aromatic rings. The summed E-state index contributed by atoms with van der Waals surface area (Å²) in [6.45, 7) is 0. The van der Waals surface area contributed by atoms with Gasteiger partial charge in [0.15, 0.2) is 8.07 Å². The third kappa shape index (κ3) is 2.40. The number of para-hydroxylation sites is 1. The number of nitrogens with zero attached hydrogens (tertiary/aromatic N) is 3. The summed E-state index contributed by atoms with van der Waals surface area (Å²) >= 11 is 0. The zero-order valence-corrected chi connectivity index (χ0v) is 19.7. The SMILES string of the molecule is c1ccc([Si]2(c3ccc(-n4c5cncnc5c5c6ccccc6oc54)cc3)c3ccccc32)cc1. The van der Waals surface area contributed by atoms with Crippen LogP contribution in [-0.4, -0.2) is 22.6 Å². The van der Waals surface area contributed by atoms with E-state index in [4.69, 9.17) is 4.42 Å². The summed E-state index contributed by atoms with van der Waals surface area (Å²) in [4.78, 5) is 8.95. The van der Waals surface area contributed by atoms with E-state index >= 15 is 0 Å². The zero-order chi connectivity index (χ0) is 23.0. The molecular weight excluding hydrogens is 446 g/mol. The van der Waals surface area contributed by atoms with Crippen molar-refractivity contribution in [3.63, 3.8) is 0 Å². The molecule has 0 unspecified atom stereocenters. The summed E-state index contributed by atoms with van der Waals surface area (Å²) in [6, 6.07) is 37.1. The van der Waals surface area contributed by atoms with Gasteiger partial charge in [-0.05, 0) is 38.9 Å². The molecule has 8 rings (SSSR count). The Morgan fingerprint density at radius 1 is 0.686 bits per heavy atom. The van der Waals surface area contributed by atoms with Crippen molar-refractivity contribution in [3.8, 4) is 5.69 Å². The van der Waals surface area contributed by atoms with E-state index in [2.05, 4.69) is 99.5 Å². The summed E-state index contributed by atoms with van der Waals surface area (Å²) in [7, 11) is -2.04. The molecule has 1 aliphatic rings. The first-order valence-electron chi connectivity index (χ1n) is 11.8. The van der Waals surface area contributed by atoms with Crippen LogP contribution in [0.5, 0.6) is 0 Å². The molecule has 0 amide bonds. The summed E-state index contributed by atoms with van der Waals surface area (Å²) in [5.41, 5.74) is 4.58. The quantitative estimate of drug-likeness (QED) is 0.371. The molecule has 35 heavy (non-hydrogen) atoms. The van der Waals surface area contributed by atoms with Gasteiger partial charge in [-0.25, -0.2) is 9.97 Å². The Hall–Kier alpha value is -4.48. The van der Waals surface area contributed by atoms with Crippen LogP contribution in [0.3, 0.4) is 0 Å². The van der Waals surface area contributed by atoms with Crippen LogP contribution in [0.25, 0.3) is 38.8 Å². The number of aromatic nitrogens is 3. The average Bonchev–Trinajstić information content (AvgIpc) is 3.29. The van der Waals surface area contributed by atoms with Gasteiger partial charge in [-0.3, -0.25) is 4.57 Å². The van der Waals surface area contributed by atoms with Crippen molar-refractivity contribution in [1.29, 1.82) is 0 Å². The maximum Gasteiger partial charge on any atom is 0.215 e. The van der Waals surface area contributed by atoms with Gasteiger partial charge in [-0.1, -0.05) is 84.9 Å². The van der Waals surface area contributed by atoms with Gasteiger partial charge in [0.1, 0.15) is 17.4 Å². The fraction of sp³-hybridized carbons (Fsp3) is 0. The maximum absolute atomic E-state index is 6.36. The largest absolute Gasteiger partial charge is 0.439 e. The minimum atomic E-state index is -2.04. The molecule has 3 aromatic heterocycles. The van der Waals surface area contributed by atoms with Gasteiger partial charge >= 0.3 is 0 Å². The van der Waals surface area contributed by atoms with E-state index < -0.39 is 8.07 Å². The Balaban J connectivity index is 1.34. The first-order chi connectivity index (χ1) is 17.4. The third-order valence-electron chi connectivity index (χ3n) is 7.39. The summed E-state index contributed by atoms with van der Waals surface area (Å²) in [5.74, 6) is 0. The van der Waals surface area contributed by atoms with Gasteiger partial charge in [0.25, 0.3) is 0 Å². The fourth-order valence-corrected chi connectivity index (χ4v) is 10.7. The molecule has 0 bridgehead atoms. The molecule has 4 nitrogen and oxygen atoms in total. The van der Waals surface area contributed by atoms with Crippen LogP contribution in [0.2, 0.25) is 0 Å². The van der Waals surface area contributed by atoms with E-state index in [0.29, 0.717) is 0 Å². The second-order valence-electron chi connectivity index (χ2n) is 9.08. The first kappa shape index (κ1) is 18.9. The van der Waals surface area contributed by atoms with Crippen molar-refractivity contribution in [2.45, 2.75) is 0 Å². The Morgan fingerprint density at radius 3 is 2.17 bits per heavy atom. The number of hydrogen-bond donors (Lipinski definition) is 0. The molecule has 0 N–H and O–H groups in total. The molecule has 4 heterocycles. The minimum Gasteiger partial charge on any atom is -0.439 e. The van der Waals surface area contributed by atoms with Crippen LogP contribution in [0.1, 0.15) is 0 Å². The van der Waals surface area contributed by atoms with E-state index in [1.54, 1.807) is 6.33 Å². The topological polar surface area (TPSA) is 43.9 Å². The predicted molar refractivity (Wildman–Crippen MR) is 143 cm³/mol. The molecule has 164 valence electrons. The van der Waals surface area contributed by atoms with Gasteiger partial charge in [-0.15, -0.1) is 0 Å². The summed E-state index contributed by atoms with van der Waals surface area (Å²) < 4.78 is 8.50. The minimum absolute atomic E-state index is 0.805. The Labute approximate surface area is 202 Å². The summed E-state index contributed by atoms with van der Waals surface area (Å²) in [5, 5.41) is 7.98. The normalized spacial score (nSPS) is 13.9. The molecule has 5 heteroatoms. The van der Waals surface area contributed by atoms with Crippen LogP contribution >= 0.6 is 0 Å². The lowest BCUT2D eigenvalue weighted by atomic mass is 10.2. The van der Waals surface area contributed by atoms with Gasteiger partial charge in [-0.2, -0.15) is 0 Å². The number of fused-ring (bicyclic) bond motifs is 6. The van der Waals surface area contributed by atoms with Crippen molar-refractivity contribution < 1.29 is 4.42 Å². The number of benzene rings is 4. The molecular formula is C30H19N3OSi. The van der Waals surface area contributed by atoms with E-state index in [-0.39, 0.29) is 0 Å². The van der Waals surface area contributed by atoms with Crippen molar-refractivity contribution in [2.24, 2.45) is 0 Å². The third-order valence-corrected chi connectivity index (χ3v) is 12.0. The highest BCUT2D eigenvalue weighted by Gasteiger charge is 2.55. The molecule has 0 spiro atoms. The standard InChI is InChI=1S/C30H19N3OSi/c1-2-8-21(9-3-1)35(26-12-6-7-13-27(26)35)22-16-14-20(15-17-22)33-24-18-31-19-32-29(24)28-23-10-4-5-11-25(23)34-30(28)33/h1-19H. The van der Waals surface area contributed by atoms with Gasteiger partial charge in [0, 0.05) is 11.1 Å². The Bertz CT molecular complexity index is 1880. The molecule has 0 atom stereocenters. The van der Waals surface area contributed by atoms with Crippen LogP contribution in [0.15, 0.2) is 120 Å². The first-order valence-corrected chi connectivity index (χ1v) is 13.8. The van der Waals surface area contributed by atoms with Crippen molar-refractivity contribution in [1.82, 2.24) is 14.5 Å². The van der Waals surface area contributed by atoms with Crippen molar-refractivity contribution >= 4 is 61.9 Å². The fourth-order valence-electron chi connectivity index (χ4n) is 5.85. The van der Waals surface area contributed by atoms with E-state index in [1.807, 2.05) is 24.4 Å². The lowest BCUT2D eigenvalue weighted by Crippen LogP contribution is -2.55. The molecule has 0 saturated carbocycles. The smallest absolute Gasteiger partial charge is 0.215 e. The Morgan fingerprint density at radius 2 is 1.37 bits per heavy atom. The second-order valence-corrected chi connectivity index (χ2v) is 12.8. The number of furan rings is 1. The zero-order valence-electron chi connectivity index (χ0n) is 18.7. The van der Waals surface area contributed by atoms with E-state index in [9.17, 15) is 0 Å². The average molecular weight is 466 g/mol. The van der Waals surface area contributed by atoms with Crippen LogP contribution < -0.4 is 20.7 Å². The lowest BCUT2D eigenvalue weighted by Gasteiger charge is -2.17. The van der Waals surface area contributed by atoms with Gasteiger partial charge in [0.2, 0.25) is 5.71 Å². The molecule has 1 aliphatic heterocycles. The van der Waals surface area contributed by atoms with Gasteiger partial charge in [0.05, 0.1) is 17.1 Å². The van der Waals surface area contributed by atoms with Gasteiger partial charge < -0.3 is 4.42 Å². The van der Waals surface area contributed by atoms with Crippen LogP contribution in [0, 0.1) is 0 Å². The number of rotatable bonds is 3. The summed E-state index contributed by atoms with van der Waals surface area (Å²) in [6.07, 6.45) is 3.48. The predicted octanol–water partition coefficient (Wildman–Crippen LogP) is 4.01. The molecule has 0 saturated heterocycles. The van der Waals surface area contributed by atoms with Crippen LogP contribution in [0.4, 0.5) is 0 Å². The Kier molecular flexibility index (Phi) is 3.66. The highest BCUT2D eigenvalue weighted by atomic mass is 28.3. The maximum atomic E-state index is 6.36. The lowest BCUT2D eigenvalue weighted by molar-refractivity contribution is 0.645. The second kappa shape index (κ2) is 6.78. The molecule has 4 aromatic carbocycles. The number of hydrogen-bond acceptors (Lipinski definition) is 3. The molecule has 0 aliphatic carbocycles. The van der Waals surface area contributed by atoms with Crippen molar-refractivity contribution in [3.05, 3.63) is 116 Å². The highest BCUT2D eigenvalue weighted by Crippen LogP contribution is 2.37. The van der Waals surface area contributed by atoms with Crippen molar-refractivity contribution in [2.75, 3.05) is 0 Å². The molecule has 0 fully saturated rings. The monoisotopic (exact) mass is 465 g/mol. The molecule has 0 radical (unpaired) electrons. The van der Waals surface area contributed by atoms with E-state index in [0.717, 1.165) is 38.8 Å². The van der Waals surface area contributed by atoms with Crippen LogP contribution in [-0.2, 0) is 0 Å². The highest BCUT2D eigenvalue weighted by molar-refractivity contribution is 7.32.